The molecule has 0 saturated heterocycles. The molecule has 4 nitrogen and oxygen atoms in total. The van der Waals surface area contributed by atoms with Gasteiger partial charge < -0.3 is 4.90 Å². The molecule has 0 radical (unpaired) electrons. The molecular formula is C14H18N2O2. The minimum Gasteiger partial charge on any atom is -0.340 e. The minimum atomic E-state index is -0.298. The number of benzene rings is 1. The van der Waals surface area contributed by atoms with Crippen molar-refractivity contribution in [3.8, 4) is 0 Å². The summed E-state index contributed by atoms with van der Waals surface area (Å²) in [5.74, 6) is 0. The average molecular weight is 246 g/mol. The second kappa shape index (κ2) is 5.67. The fourth-order valence-electron chi connectivity index (χ4n) is 2.39. The highest BCUT2D eigenvalue weighted by Crippen LogP contribution is 2.32. The average Bonchev–Trinajstić information content (AvgIpc) is 2.63. The molecule has 1 aromatic rings. The Morgan fingerprint density at radius 1 is 1.33 bits per heavy atom. The summed E-state index contributed by atoms with van der Waals surface area (Å²) >= 11 is 0. The van der Waals surface area contributed by atoms with Crippen LogP contribution in [0.15, 0.2) is 36.0 Å². The van der Waals surface area contributed by atoms with Gasteiger partial charge in [-0.2, -0.15) is 0 Å². The molecule has 1 aromatic carbocycles. The maximum Gasteiger partial charge on any atom is 0.292 e. The molecule has 2 rings (SSSR count). The van der Waals surface area contributed by atoms with Gasteiger partial charge in [-0.3, -0.25) is 10.1 Å². The third kappa shape index (κ3) is 2.53. The Labute approximate surface area is 107 Å². The van der Waals surface area contributed by atoms with Gasteiger partial charge in [0.25, 0.3) is 5.69 Å². The molecular weight excluding hydrogens is 228 g/mol. The molecule has 0 bridgehead atoms. The molecule has 0 atom stereocenters. The Morgan fingerprint density at radius 3 is 2.83 bits per heavy atom. The molecule has 0 fully saturated rings. The Balaban J connectivity index is 2.42. The maximum absolute atomic E-state index is 11.1. The van der Waals surface area contributed by atoms with E-state index in [2.05, 4.69) is 17.9 Å². The lowest BCUT2D eigenvalue weighted by Gasteiger charge is -2.25. The van der Waals surface area contributed by atoms with Crippen LogP contribution in [-0.4, -0.2) is 11.5 Å². The minimum absolute atomic E-state index is 0.193. The summed E-state index contributed by atoms with van der Waals surface area (Å²) in [4.78, 5) is 12.9. The van der Waals surface area contributed by atoms with Crippen LogP contribution in [0.25, 0.3) is 0 Å². The normalized spacial score (nSPS) is 16.1. The van der Waals surface area contributed by atoms with Crippen molar-refractivity contribution in [2.75, 3.05) is 11.4 Å². The van der Waals surface area contributed by atoms with Crippen molar-refractivity contribution in [2.45, 2.75) is 32.6 Å². The summed E-state index contributed by atoms with van der Waals surface area (Å²) in [6.45, 7) is 2.96. The van der Waals surface area contributed by atoms with Crippen molar-refractivity contribution in [2.24, 2.45) is 0 Å². The predicted octanol–water partition coefficient (Wildman–Crippen LogP) is 3.88. The molecule has 0 spiro atoms. The van der Waals surface area contributed by atoms with Crippen LogP contribution in [0.3, 0.4) is 0 Å². The zero-order valence-corrected chi connectivity index (χ0v) is 10.6. The van der Waals surface area contributed by atoms with Gasteiger partial charge in [0.05, 0.1) is 4.92 Å². The van der Waals surface area contributed by atoms with Crippen LogP contribution in [0.4, 0.5) is 11.4 Å². The van der Waals surface area contributed by atoms with Gasteiger partial charge in [0.15, 0.2) is 0 Å². The number of nitro groups is 1. The number of nitrogens with zero attached hydrogens (tertiary/aromatic N) is 2. The zero-order valence-electron chi connectivity index (χ0n) is 10.6. The van der Waals surface area contributed by atoms with Crippen molar-refractivity contribution in [1.82, 2.24) is 0 Å². The van der Waals surface area contributed by atoms with E-state index in [-0.39, 0.29) is 10.6 Å². The van der Waals surface area contributed by atoms with Gasteiger partial charge >= 0.3 is 0 Å². The third-order valence-corrected chi connectivity index (χ3v) is 3.29. The monoisotopic (exact) mass is 246 g/mol. The van der Waals surface area contributed by atoms with Crippen molar-refractivity contribution in [3.05, 3.63) is 46.2 Å². The molecule has 0 aliphatic carbocycles. The molecule has 1 aliphatic heterocycles. The molecule has 0 amide bonds. The van der Waals surface area contributed by atoms with Gasteiger partial charge in [0.1, 0.15) is 5.69 Å². The van der Waals surface area contributed by atoms with Crippen molar-refractivity contribution in [1.29, 1.82) is 0 Å². The van der Waals surface area contributed by atoms with Crippen molar-refractivity contribution in [3.63, 3.8) is 0 Å². The number of allylic oxidation sites excluding steroid dienone is 2. The molecule has 1 aliphatic rings. The van der Waals surface area contributed by atoms with Crippen LogP contribution in [0, 0.1) is 10.1 Å². The maximum atomic E-state index is 11.1. The van der Waals surface area contributed by atoms with Gasteiger partial charge in [-0.15, -0.1) is 0 Å². The van der Waals surface area contributed by atoms with Crippen LogP contribution in [0.1, 0.15) is 32.6 Å². The first-order valence-electron chi connectivity index (χ1n) is 6.44. The van der Waals surface area contributed by atoms with Crippen LogP contribution < -0.4 is 4.90 Å². The lowest BCUT2D eigenvalue weighted by molar-refractivity contribution is -0.384. The fourth-order valence-corrected chi connectivity index (χ4v) is 2.39. The van der Waals surface area contributed by atoms with Crippen LogP contribution in [-0.2, 0) is 0 Å². The Kier molecular flexibility index (Phi) is 3.97. The molecule has 4 heteroatoms. The number of anilines is 1. The smallest absolute Gasteiger partial charge is 0.292 e. The summed E-state index contributed by atoms with van der Waals surface area (Å²) in [5.41, 5.74) is 2.11. The van der Waals surface area contributed by atoms with E-state index in [4.69, 9.17) is 0 Å². The van der Waals surface area contributed by atoms with Crippen LogP contribution >= 0.6 is 0 Å². The first kappa shape index (κ1) is 12.6. The number of nitro benzene ring substituents is 1. The van der Waals surface area contributed by atoms with Crippen molar-refractivity contribution >= 4 is 11.4 Å². The Bertz CT molecular complexity index is 469. The van der Waals surface area contributed by atoms with E-state index < -0.39 is 0 Å². The third-order valence-electron chi connectivity index (χ3n) is 3.29. The lowest BCUT2D eigenvalue weighted by atomic mass is 10.2. The van der Waals surface area contributed by atoms with Crippen LogP contribution in [0.2, 0.25) is 0 Å². The molecule has 1 heterocycles. The highest BCUT2D eigenvalue weighted by atomic mass is 16.6. The molecule has 18 heavy (non-hydrogen) atoms. The van der Waals surface area contributed by atoms with E-state index in [1.165, 1.54) is 5.70 Å². The Hall–Kier alpha value is -1.84. The Morgan fingerprint density at radius 2 is 2.11 bits per heavy atom. The number of rotatable bonds is 3. The fraction of sp³-hybridized carbons (Fsp3) is 0.429. The molecule has 0 aromatic heterocycles. The van der Waals surface area contributed by atoms with Crippen LogP contribution in [0.5, 0.6) is 0 Å². The number of hydrogen-bond acceptors (Lipinski definition) is 3. The van der Waals surface area contributed by atoms with E-state index in [0.29, 0.717) is 0 Å². The first-order valence-corrected chi connectivity index (χ1v) is 6.44. The lowest BCUT2D eigenvalue weighted by Crippen LogP contribution is -2.23. The SMILES string of the molecule is CCC1=CCCCCN1c1ccccc1[N+](=O)[O-]. The first-order chi connectivity index (χ1) is 8.74. The number of para-hydroxylation sites is 2. The van der Waals surface area contributed by atoms with E-state index in [1.54, 1.807) is 12.1 Å². The summed E-state index contributed by atoms with van der Waals surface area (Å²) in [5, 5.41) is 11.1. The van der Waals surface area contributed by atoms with Gasteiger partial charge in [0, 0.05) is 18.3 Å². The van der Waals surface area contributed by atoms with Gasteiger partial charge in [-0.05, 0) is 31.7 Å². The second-order valence-corrected chi connectivity index (χ2v) is 4.44. The van der Waals surface area contributed by atoms with E-state index >= 15 is 0 Å². The predicted molar refractivity (Wildman–Crippen MR) is 72.7 cm³/mol. The highest BCUT2D eigenvalue weighted by Gasteiger charge is 2.21. The molecule has 96 valence electrons. The summed E-state index contributed by atoms with van der Waals surface area (Å²) in [7, 11) is 0. The molecule has 0 unspecified atom stereocenters. The van der Waals surface area contributed by atoms with E-state index in [9.17, 15) is 10.1 Å². The highest BCUT2D eigenvalue weighted by molar-refractivity contribution is 5.66. The van der Waals surface area contributed by atoms with E-state index in [1.807, 2.05) is 12.1 Å². The summed E-state index contributed by atoms with van der Waals surface area (Å²) in [6, 6.07) is 7.00. The van der Waals surface area contributed by atoms with Crippen molar-refractivity contribution < 1.29 is 4.92 Å². The number of hydrogen-bond donors (Lipinski definition) is 0. The van der Waals surface area contributed by atoms with Gasteiger partial charge in [-0.1, -0.05) is 25.1 Å². The summed E-state index contributed by atoms with van der Waals surface area (Å²) in [6.07, 6.45) is 6.42. The zero-order chi connectivity index (χ0) is 13.0. The standard InChI is InChI=1S/C14H18N2O2/c1-2-12-8-4-3-7-11-15(12)13-9-5-6-10-14(13)16(17)18/h5-6,8-10H,2-4,7,11H2,1H3. The van der Waals surface area contributed by atoms with Gasteiger partial charge in [0.2, 0.25) is 0 Å². The second-order valence-electron chi connectivity index (χ2n) is 4.44. The molecule has 0 N–H and O–H groups in total. The quantitative estimate of drug-likeness (QED) is 0.600. The van der Waals surface area contributed by atoms with Gasteiger partial charge in [-0.25, -0.2) is 0 Å². The molecule has 0 saturated carbocycles. The topological polar surface area (TPSA) is 46.4 Å². The largest absolute Gasteiger partial charge is 0.340 e. The van der Waals surface area contributed by atoms with E-state index in [0.717, 1.165) is 37.9 Å². The summed E-state index contributed by atoms with van der Waals surface area (Å²) < 4.78 is 0.